The van der Waals surface area contributed by atoms with Crippen LogP contribution in [0.2, 0.25) is 0 Å². The van der Waals surface area contributed by atoms with Crippen molar-refractivity contribution < 1.29 is 0 Å². The van der Waals surface area contributed by atoms with E-state index in [1.54, 1.807) is 0 Å². The lowest BCUT2D eigenvalue weighted by molar-refractivity contribution is 0.298. The van der Waals surface area contributed by atoms with Gasteiger partial charge in [0.05, 0.1) is 22.9 Å². The minimum Gasteiger partial charge on any atom is -0.307 e. The molecule has 0 spiro atoms. The Hall–Kier alpha value is -1.52. The topological polar surface area (TPSA) is 41.0 Å². The molecule has 0 radical (unpaired) electrons. The standard InChI is InChI=1S/C16H22N4/c1-13(12-20-8-4-5-9-20)17-10-14-11-18-15-6-2-3-7-16(15)19-14/h2-3,6-7,11,13,17H,4-5,8-10,12H2,1H3. The van der Waals surface area contributed by atoms with E-state index in [0.29, 0.717) is 6.04 Å². The summed E-state index contributed by atoms with van der Waals surface area (Å²) in [5, 5.41) is 3.55. The molecule has 0 saturated carbocycles. The number of hydrogen-bond acceptors (Lipinski definition) is 4. The maximum absolute atomic E-state index is 4.64. The molecule has 0 amide bonds. The van der Waals surface area contributed by atoms with Crippen LogP contribution in [-0.4, -0.2) is 40.5 Å². The van der Waals surface area contributed by atoms with E-state index in [-0.39, 0.29) is 0 Å². The largest absolute Gasteiger partial charge is 0.307 e. The highest BCUT2D eigenvalue weighted by molar-refractivity contribution is 5.73. The first-order valence-corrected chi connectivity index (χ1v) is 7.48. The van der Waals surface area contributed by atoms with Gasteiger partial charge in [-0.2, -0.15) is 0 Å². The van der Waals surface area contributed by atoms with Gasteiger partial charge in [-0.1, -0.05) is 12.1 Å². The number of aromatic nitrogens is 2. The van der Waals surface area contributed by atoms with Gasteiger partial charge in [0.25, 0.3) is 0 Å². The molecule has 2 heterocycles. The summed E-state index contributed by atoms with van der Waals surface area (Å²) in [4.78, 5) is 11.6. The molecular weight excluding hydrogens is 248 g/mol. The predicted molar refractivity (Wildman–Crippen MR) is 81.5 cm³/mol. The molecule has 1 aliphatic rings. The molecule has 1 saturated heterocycles. The molecule has 1 aromatic heterocycles. The van der Waals surface area contributed by atoms with Crippen LogP contribution in [0.3, 0.4) is 0 Å². The molecule has 106 valence electrons. The van der Waals surface area contributed by atoms with Crippen LogP contribution >= 0.6 is 0 Å². The Kier molecular flexibility index (Phi) is 4.23. The SMILES string of the molecule is CC(CN1CCCC1)NCc1cnc2ccccc2n1. The molecule has 1 N–H and O–H groups in total. The van der Waals surface area contributed by atoms with E-state index in [9.17, 15) is 0 Å². The van der Waals surface area contributed by atoms with Crippen molar-refractivity contribution >= 4 is 11.0 Å². The highest BCUT2D eigenvalue weighted by Gasteiger charge is 2.14. The lowest BCUT2D eigenvalue weighted by Crippen LogP contribution is -2.37. The summed E-state index contributed by atoms with van der Waals surface area (Å²) in [7, 11) is 0. The number of para-hydroxylation sites is 2. The number of rotatable bonds is 5. The van der Waals surface area contributed by atoms with Crippen molar-refractivity contribution in [3.05, 3.63) is 36.2 Å². The zero-order valence-electron chi connectivity index (χ0n) is 12.0. The normalized spacial score (nSPS) is 17.6. The number of benzene rings is 1. The second kappa shape index (κ2) is 6.29. The fourth-order valence-corrected chi connectivity index (χ4v) is 2.78. The molecule has 1 unspecified atom stereocenters. The van der Waals surface area contributed by atoms with Gasteiger partial charge in [0, 0.05) is 19.1 Å². The van der Waals surface area contributed by atoms with Crippen molar-refractivity contribution in [3.8, 4) is 0 Å². The molecule has 1 aliphatic heterocycles. The van der Waals surface area contributed by atoms with Crippen molar-refractivity contribution in [2.45, 2.75) is 32.4 Å². The second-order valence-corrected chi connectivity index (χ2v) is 5.64. The van der Waals surface area contributed by atoms with E-state index in [2.05, 4.69) is 27.1 Å². The zero-order chi connectivity index (χ0) is 13.8. The quantitative estimate of drug-likeness (QED) is 0.904. The van der Waals surface area contributed by atoms with Crippen LogP contribution in [0.4, 0.5) is 0 Å². The number of nitrogens with one attached hydrogen (secondary N) is 1. The first kappa shape index (κ1) is 13.5. The van der Waals surface area contributed by atoms with E-state index in [0.717, 1.165) is 29.8 Å². The summed E-state index contributed by atoms with van der Waals surface area (Å²) in [6.07, 6.45) is 4.57. The maximum atomic E-state index is 4.64. The Morgan fingerprint density at radius 3 is 2.75 bits per heavy atom. The predicted octanol–water partition coefficient (Wildman–Crippen LogP) is 2.20. The van der Waals surface area contributed by atoms with Gasteiger partial charge in [-0.15, -0.1) is 0 Å². The van der Waals surface area contributed by atoms with E-state index >= 15 is 0 Å². The van der Waals surface area contributed by atoms with Gasteiger partial charge in [-0.3, -0.25) is 4.98 Å². The van der Waals surface area contributed by atoms with Crippen molar-refractivity contribution in [2.24, 2.45) is 0 Å². The van der Waals surface area contributed by atoms with Gasteiger partial charge in [-0.05, 0) is 45.0 Å². The third kappa shape index (κ3) is 3.32. The average molecular weight is 270 g/mol. The van der Waals surface area contributed by atoms with Crippen LogP contribution in [0.5, 0.6) is 0 Å². The molecule has 2 aromatic rings. The minimum atomic E-state index is 0.487. The molecule has 0 bridgehead atoms. The molecule has 0 aliphatic carbocycles. The first-order valence-electron chi connectivity index (χ1n) is 7.48. The van der Waals surface area contributed by atoms with Crippen molar-refractivity contribution in [2.75, 3.05) is 19.6 Å². The summed E-state index contributed by atoms with van der Waals surface area (Å²) in [5.74, 6) is 0. The van der Waals surface area contributed by atoms with Gasteiger partial charge in [-0.25, -0.2) is 4.98 Å². The number of hydrogen-bond donors (Lipinski definition) is 1. The Bertz CT molecular complexity index is 563. The summed E-state index contributed by atoms with van der Waals surface area (Å²) in [6.45, 7) is 6.66. The van der Waals surface area contributed by atoms with Crippen molar-refractivity contribution in [3.63, 3.8) is 0 Å². The Balaban J connectivity index is 1.56. The second-order valence-electron chi connectivity index (χ2n) is 5.64. The minimum absolute atomic E-state index is 0.487. The van der Waals surface area contributed by atoms with E-state index < -0.39 is 0 Å². The van der Waals surface area contributed by atoms with Gasteiger partial charge in [0.1, 0.15) is 0 Å². The molecule has 3 rings (SSSR count). The molecule has 4 nitrogen and oxygen atoms in total. The molecule has 1 fully saturated rings. The molecule has 1 atom stereocenters. The number of likely N-dealkylation sites (tertiary alicyclic amines) is 1. The lowest BCUT2D eigenvalue weighted by atomic mass is 10.2. The average Bonchev–Trinajstić information content (AvgIpc) is 2.98. The van der Waals surface area contributed by atoms with Gasteiger partial charge in [0.2, 0.25) is 0 Å². The van der Waals surface area contributed by atoms with Crippen molar-refractivity contribution in [1.29, 1.82) is 0 Å². The van der Waals surface area contributed by atoms with Crippen LogP contribution in [-0.2, 0) is 6.54 Å². The van der Waals surface area contributed by atoms with Crippen molar-refractivity contribution in [1.82, 2.24) is 20.2 Å². The van der Waals surface area contributed by atoms with Crippen LogP contribution < -0.4 is 5.32 Å². The number of fused-ring (bicyclic) bond motifs is 1. The van der Waals surface area contributed by atoms with Gasteiger partial charge in [0.15, 0.2) is 0 Å². The monoisotopic (exact) mass is 270 g/mol. The lowest BCUT2D eigenvalue weighted by Gasteiger charge is -2.21. The highest BCUT2D eigenvalue weighted by atomic mass is 15.2. The Morgan fingerprint density at radius 1 is 1.20 bits per heavy atom. The molecule has 4 heteroatoms. The summed E-state index contributed by atoms with van der Waals surface area (Å²) in [6, 6.07) is 8.49. The third-order valence-electron chi connectivity index (χ3n) is 3.86. The fraction of sp³-hybridized carbons (Fsp3) is 0.500. The van der Waals surface area contributed by atoms with Gasteiger partial charge < -0.3 is 10.2 Å². The van der Waals surface area contributed by atoms with Gasteiger partial charge >= 0.3 is 0 Å². The fourth-order valence-electron chi connectivity index (χ4n) is 2.78. The number of nitrogens with zero attached hydrogens (tertiary/aromatic N) is 3. The first-order chi connectivity index (χ1) is 9.81. The smallest absolute Gasteiger partial charge is 0.0890 e. The van der Waals surface area contributed by atoms with Crippen LogP contribution in [0.25, 0.3) is 11.0 Å². The van der Waals surface area contributed by atoms with Crippen LogP contribution in [0.1, 0.15) is 25.5 Å². The van der Waals surface area contributed by atoms with E-state index in [1.165, 1.54) is 25.9 Å². The molecule has 1 aromatic carbocycles. The summed E-state index contributed by atoms with van der Waals surface area (Å²) < 4.78 is 0. The summed E-state index contributed by atoms with van der Waals surface area (Å²) >= 11 is 0. The Morgan fingerprint density at radius 2 is 1.95 bits per heavy atom. The van der Waals surface area contributed by atoms with Crippen LogP contribution in [0, 0.1) is 0 Å². The maximum Gasteiger partial charge on any atom is 0.0890 e. The van der Waals surface area contributed by atoms with Crippen LogP contribution in [0.15, 0.2) is 30.5 Å². The van der Waals surface area contributed by atoms with E-state index in [1.807, 2.05) is 30.5 Å². The summed E-state index contributed by atoms with van der Waals surface area (Å²) in [5.41, 5.74) is 2.94. The third-order valence-corrected chi connectivity index (χ3v) is 3.86. The van der Waals surface area contributed by atoms with E-state index in [4.69, 9.17) is 0 Å². The highest BCUT2D eigenvalue weighted by Crippen LogP contribution is 2.09. The molecular formula is C16H22N4. The Labute approximate surface area is 120 Å². The molecule has 20 heavy (non-hydrogen) atoms. The zero-order valence-corrected chi connectivity index (χ0v) is 12.0.